The zero-order chi connectivity index (χ0) is 12.0. The van der Waals surface area contributed by atoms with Crippen molar-refractivity contribution in [3.05, 3.63) is 35.4 Å². The smallest absolute Gasteiger partial charge is 0.0294 e. The number of unbranched alkanes of at least 4 members (excludes halogenated alkanes) is 1. The SMILES string of the molecule is CCCCC(C)N[C@@H](C)c1ccc(C)cc1. The van der Waals surface area contributed by atoms with Crippen LogP contribution in [0.3, 0.4) is 0 Å². The van der Waals surface area contributed by atoms with Crippen molar-refractivity contribution >= 4 is 0 Å². The molecular weight excluding hydrogens is 194 g/mol. The molecule has 0 bridgehead atoms. The normalized spacial score (nSPS) is 14.8. The highest BCUT2D eigenvalue weighted by Gasteiger charge is 2.08. The topological polar surface area (TPSA) is 12.0 Å². The Hall–Kier alpha value is -0.820. The molecule has 0 aliphatic rings. The molecule has 16 heavy (non-hydrogen) atoms. The summed E-state index contributed by atoms with van der Waals surface area (Å²) in [5.41, 5.74) is 2.71. The van der Waals surface area contributed by atoms with Crippen LogP contribution in [0.15, 0.2) is 24.3 Å². The first-order valence-electron chi connectivity index (χ1n) is 6.46. The number of nitrogens with one attached hydrogen (secondary N) is 1. The minimum atomic E-state index is 0.451. The molecule has 1 N–H and O–H groups in total. The van der Waals surface area contributed by atoms with Crippen LogP contribution in [0, 0.1) is 6.92 Å². The number of aryl methyl sites for hydroxylation is 1. The van der Waals surface area contributed by atoms with Gasteiger partial charge in [-0.3, -0.25) is 0 Å². The third-order valence-corrected chi connectivity index (χ3v) is 3.10. The zero-order valence-electron chi connectivity index (χ0n) is 11.1. The largest absolute Gasteiger partial charge is 0.308 e. The predicted molar refractivity (Wildman–Crippen MR) is 71.7 cm³/mol. The Morgan fingerprint density at radius 1 is 1.12 bits per heavy atom. The first-order valence-corrected chi connectivity index (χ1v) is 6.46. The maximum Gasteiger partial charge on any atom is 0.0294 e. The van der Waals surface area contributed by atoms with Crippen molar-refractivity contribution in [2.24, 2.45) is 0 Å². The summed E-state index contributed by atoms with van der Waals surface area (Å²) in [5, 5.41) is 3.65. The van der Waals surface area contributed by atoms with Crippen LogP contribution >= 0.6 is 0 Å². The standard InChI is InChI=1S/C15H25N/c1-5-6-7-13(3)16-14(4)15-10-8-12(2)9-11-15/h8-11,13-14,16H,5-7H2,1-4H3/t13?,14-/m0/s1. The maximum absolute atomic E-state index is 3.65. The molecule has 0 aromatic heterocycles. The van der Waals surface area contributed by atoms with Crippen LogP contribution in [-0.4, -0.2) is 6.04 Å². The van der Waals surface area contributed by atoms with Crippen molar-refractivity contribution in [2.45, 2.75) is 59.0 Å². The Kier molecular flexibility index (Phi) is 5.54. The molecule has 1 nitrogen and oxygen atoms in total. The van der Waals surface area contributed by atoms with Crippen LogP contribution in [0.5, 0.6) is 0 Å². The molecule has 0 radical (unpaired) electrons. The van der Waals surface area contributed by atoms with E-state index < -0.39 is 0 Å². The molecule has 2 atom stereocenters. The summed E-state index contributed by atoms with van der Waals surface area (Å²) in [6, 6.07) is 9.87. The molecule has 1 unspecified atom stereocenters. The van der Waals surface area contributed by atoms with E-state index in [2.05, 4.69) is 57.3 Å². The third kappa shape index (κ3) is 4.36. The number of hydrogen-bond donors (Lipinski definition) is 1. The molecule has 0 fully saturated rings. The molecule has 0 amide bonds. The molecule has 0 saturated carbocycles. The lowest BCUT2D eigenvalue weighted by molar-refractivity contribution is 0.444. The van der Waals surface area contributed by atoms with E-state index in [9.17, 15) is 0 Å². The Morgan fingerprint density at radius 3 is 2.31 bits per heavy atom. The van der Waals surface area contributed by atoms with E-state index in [-0.39, 0.29) is 0 Å². The lowest BCUT2D eigenvalue weighted by atomic mass is 10.0. The Labute approximate surface area is 100 Å². The molecule has 0 aliphatic carbocycles. The van der Waals surface area contributed by atoms with Crippen LogP contribution in [0.4, 0.5) is 0 Å². The average Bonchev–Trinajstić information content (AvgIpc) is 2.27. The molecule has 0 aliphatic heterocycles. The molecule has 1 heteroatoms. The van der Waals surface area contributed by atoms with E-state index in [1.807, 2.05) is 0 Å². The van der Waals surface area contributed by atoms with Crippen molar-refractivity contribution < 1.29 is 0 Å². The van der Waals surface area contributed by atoms with Crippen molar-refractivity contribution in [3.8, 4) is 0 Å². The third-order valence-electron chi connectivity index (χ3n) is 3.10. The molecule has 90 valence electrons. The fourth-order valence-corrected chi connectivity index (χ4v) is 1.97. The van der Waals surface area contributed by atoms with Gasteiger partial charge in [0.25, 0.3) is 0 Å². The van der Waals surface area contributed by atoms with Gasteiger partial charge in [-0.05, 0) is 32.8 Å². The Balaban J connectivity index is 2.45. The first kappa shape index (κ1) is 13.2. The van der Waals surface area contributed by atoms with E-state index in [1.165, 1.54) is 30.4 Å². The molecular formula is C15H25N. The van der Waals surface area contributed by atoms with Crippen LogP contribution in [0.2, 0.25) is 0 Å². The molecule has 0 saturated heterocycles. The Morgan fingerprint density at radius 2 is 1.75 bits per heavy atom. The second-order valence-electron chi connectivity index (χ2n) is 4.84. The summed E-state index contributed by atoms with van der Waals surface area (Å²) in [7, 11) is 0. The van der Waals surface area contributed by atoms with E-state index in [0.29, 0.717) is 12.1 Å². The summed E-state index contributed by atoms with van der Waals surface area (Å²) in [6.45, 7) is 8.90. The highest BCUT2D eigenvalue weighted by molar-refractivity contribution is 5.23. The van der Waals surface area contributed by atoms with Gasteiger partial charge in [0.15, 0.2) is 0 Å². The fourth-order valence-electron chi connectivity index (χ4n) is 1.97. The maximum atomic E-state index is 3.65. The number of rotatable bonds is 6. The van der Waals surface area contributed by atoms with Gasteiger partial charge in [-0.25, -0.2) is 0 Å². The second kappa shape index (κ2) is 6.70. The minimum Gasteiger partial charge on any atom is -0.308 e. The van der Waals surface area contributed by atoms with Gasteiger partial charge in [-0.1, -0.05) is 49.6 Å². The molecule has 0 heterocycles. The predicted octanol–water partition coefficient (Wildman–Crippen LogP) is 4.22. The van der Waals surface area contributed by atoms with Gasteiger partial charge in [0.05, 0.1) is 0 Å². The molecule has 1 rings (SSSR count). The highest BCUT2D eigenvalue weighted by atomic mass is 14.9. The van der Waals surface area contributed by atoms with E-state index in [1.54, 1.807) is 0 Å². The Bertz CT molecular complexity index is 289. The number of hydrogen-bond acceptors (Lipinski definition) is 1. The van der Waals surface area contributed by atoms with Gasteiger partial charge in [0.2, 0.25) is 0 Å². The van der Waals surface area contributed by atoms with Crippen molar-refractivity contribution in [1.82, 2.24) is 5.32 Å². The van der Waals surface area contributed by atoms with Gasteiger partial charge in [0.1, 0.15) is 0 Å². The van der Waals surface area contributed by atoms with Crippen LogP contribution in [0.1, 0.15) is 57.2 Å². The lowest BCUT2D eigenvalue weighted by Crippen LogP contribution is -2.28. The monoisotopic (exact) mass is 219 g/mol. The van der Waals surface area contributed by atoms with Gasteiger partial charge in [0, 0.05) is 12.1 Å². The van der Waals surface area contributed by atoms with E-state index in [0.717, 1.165) is 0 Å². The fraction of sp³-hybridized carbons (Fsp3) is 0.600. The second-order valence-corrected chi connectivity index (χ2v) is 4.84. The molecule has 0 spiro atoms. The van der Waals surface area contributed by atoms with E-state index in [4.69, 9.17) is 0 Å². The van der Waals surface area contributed by atoms with Crippen molar-refractivity contribution in [3.63, 3.8) is 0 Å². The van der Waals surface area contributed by atoms with Gasteiger partial charge < -0.3 is 5.32 Å². The highest BCUT2D eigenvalue weighted by Crippen LogP contribution is 2.14. The van der Waals surface area contributed by atoms with Crippen LogP contribution < -0.4 is 5.32 Å². The quantitative estimate of drug-likeness (QED) is 0.755. The van der Waals surface area contributed by atoms with E-state index >= 15 is 0 Å². The summed E-state index contributed by atoms with van der Waals surface area (Å²) >= 11 is 0. The zero-order valence-corrected chi connectivity index (χ0v) is 11.1. The first-order chi connectivity index (χ1) is 7.63. The minimum absolute atomic E-state index is 0.451. The molecule has 1 aromatic rings. The van der Waals surface area contributed by atoms with Gasteiger partial charge in [-0.2, -0.15) is 0 Å². The van der Waals surface area contributed by atoms with Crippen LogP contribution in [-0.2, 0) is 0 Å². The van der Waals surface area contributed by atoms with Crippen molar-refractivity contribution in [1.29, 1.82) is 0 Å². The number of benzene rings is 1. The summed E-state index contributed by atoms with van der Waals surface area (Å²) in [5.74, 6) is 0. The average molecular weight is 219 g/mol. The van der Waals surface area contributed by atoms with Gasteiger partial charge >= 0.3 is 0 Å². The van der Waals surface area contributed by atoms with Crippen LogP contribution in [0.25, 0.3) is 0 Å². The van der Waals surface area contributed by atoms with Crippen molar-refractivity contribution in [2.75, 3.05) is 0 Å². The summed E-state index contributed by atoms with van der Waals surface area (Å²) in [4.78, 5) is 0. The van der Waals surface area contributed by atoms with Gasteiger partial charge in [-0.15, -0.1) is 0 Å². The summed E-state index contributed by atoms with van der Waals surface area (Å²) in [6.07, 6.45) is 3.87. The molecule has 1 aromatic carbocycles. The lowest BCUT2D eigenvalue weighted by Gasteiger charge is -2.20. The summed E-state index contributed by atoms with van der Waals surface area (Å²) < 4.78 is 0.